The molecule has 0 unspecified atom stereocenters. The Labute approximate surface area is 205 Å². The second kappa shape index (κ2) is 8.95. The molecular formula is C27H21N4O5+. The Bertz CT molecular complexity index is 1510. The zero-order valence-corrected chi connectivity index (χ0v) is 19.4. The molecule has 3 amide bonds. The van der Waals surface area contributed by atoms with Gasteiger partial charge in [-0.05, 0) is 55.5 Å². The topological polar surface area (TPSA) is 112 Å². The molecular weight excluding hydrogens is 460 g/mol. The maximum Gasteiger partial charge on any atom is 0.346 e. The molecule has 0 bridgehead atoms. The van der Waals surface area contributed by atoms with Gasteiger partial charge in [0.1, 0.15) is 23.9 Å². The highest BCUT2D eigenvalue weighted by Gasteiger charge is 2.36. The van der Waals surface area contributed by atoms with Gasteiger partial charge in [-0.2, -0.15) is 4.57 Å². The number of rotatable bonds is 5. The second-order valence-corrected chi connectivity index (χ2v) is 8.33. The average Bonchev–Trinajstić information content (AvgIpc) is 3.50. The molecule has 3 aromatic carbocycles. The number of nitrogens with one attached hydrogen (secondary N) is 2. The van der Waals surface area contributed by atoms with Crippen LogP contribution in [0.15, 0.2) is 79.4 Å². The lowest BCUT2D eigenvalue weighted by molar-refractivity contribution is -0.376. The van der Waals surface area contributed by atoms with E-state index >= 15 is 0 Å². The summed E-state index contributed by atoms with van der Waals surface area (Å²) in [5.41, 5.74) is 1.71. The van der Waals surface area contributed by atoms with Gasteiger partial charge in [-0.15, -0.1) is 0 Å². The Kier molecular flexibility index (Phi) is 5.65. The Hall–Kier alpha value is -5.05. The number of imide groups is 1. The van der Waals surface area contributed by atoms with E-state index in [0.29, 0.717) is 17.2 Å². The predicted octanol–water partition coefficient (Wildman–Crippen LogP) is 3.57. The van der Waals surface area contributed by atoms with Gasteiger partial charge in [0.25, 0.3) is 17.7 Å². The summed E-state index contributed by atoms with van der Waals surface area (Å²) in [6.45, 7) is 1.99. The summed E-state index contributed by atoms with van der Waals surface area (Å²) in [6, 6.07) is 17.0. The third kappa shape index (κ3) is 4.14. The van der Waals surface area contributed by atoms with E-state index in [-0.39, 0.29) is 22.3 Å². The molecule has 0 aliphatic carbocycles. The first-order chi connectivity index (χ1) is 17.3. The summed E-state index contributed by atoms with van der Waals surface area (Å²) in [7, 11) is 1.35. The number of hydrogen-bond donors (Lipinski definition) is 1. The Morgan fingerprint density at radius 2 is 1.44 bits per heavy atom. The van der Waals surface area contributed by atoms with E-state index in [0.717, 1.165) is 10.5 Å². The molecule has 36 heavy (non-hydrogen) atoms. The molecule has 4 aromatic rings. The maximum atomic E-state index is 13.3. The van der Waals surface area contributed by atoms with Crippen molar-refractivity contribution in [1.29, 1.82) is 0 Å². The van der Waals surface area contributed by atoms with E-state index < -0.39 is 23.6 Å². The highest BCUT2D eigenvalue weighted by atomic mass is 16.5. The molecule has 1 aliphatic rings. The van der Waals surface area contributed by atoms with Gasteiger partial charge in [0.05, 0.1) is 22.3 Å². The normalized spacial score (nSPS) is 12.4. The van der Waals surface area contributed by atoms with E-state index in [1.165, 1.54) is 36.3 Å². The van der Waals surface area contributed by atoms with Crippen molar-refractivity contribution in [2.45, 2.75) is 6.92 Å². The second-order valence-electron chi connectivity index (χ2n) is 8.33. The van der Waals surface area contributed by atoms with E-state index in [2.05, 4.69) is 10.3 Å². The summed E-state index contributed by atoms with van der Waals surface area (Å²) in [6.07, 6.45) is 4.46. The van der Waals surface area contributed by atoms with Crippen LogP contribution in [-0.2, 0) is 0 Å². The van der Waals surface area contributed by atoms with Crippen LogP contribution in [0.5, 0.6) is 11.5 Å². The first-order valence-corrected chi connectivity index (χ1v) is 11.1. The molecule has 0 radical (unpaired) electrons. The standard InChI is InChI=1S/C27H20N4O5/c1-16-3-7-18(8-4-16)36-19-9-5-17(6-10-19)29-24(32)20-13-22-23(26(34)30(2)25(22)33)14-21(20)27(35)31-12-11-28-15-31/h3-15H,1-2H3,(H,29,32)/p+1. The molecule has 0 fully saturated rings. The number of carbonyl (C=O) groups excluding carboxylic acids is 4. The summed E-state index contributed by atoms with van der Waals surface area (Å²) >= 11 is 0. The van der Waals surface area contributed by atoms with Crippen molar-refractivity contribution in [3.63, 3.8) is 0 Å². The first-order valence-electron chi connectivity index (χ1n) is 11.1. The molecule has 0 saturated carbocycles. The number of amides is 3. The zero-order chi connectivity index (χ0) is 25.4. The molecule has 5 rings (SSSR count). The van der Waals surface area contributed by atoms with Crippen LogP contribution in [0.1, 0.15) is 47.0 Å². The number of fused-ring (bicyclic) bond motifs is 1. The Balaban J connectivity index is 1.43. The van der Waals surface area contributed by atoms with Crippen LogP contribution in [0.4, 0.5) is 5.69 Å². The van der Waals surface area contributed by atoms with Gasteiger partial charge in [0, 0.05) is 12.7 Å². The number of anilines is 1. The van der Waals surface area contributed by atoms with Gasteiger partial charge in [-0.3, -0.25) is 19.3 Å². The molecule has 1 aliphatic heterocycles. The van der Waals surface area contributed by atoms with Crippen molar-refractivity contribution >= 4 is 29.3 Å². The van der Waals surface area contributed by atoms with Crippen LogP contribution in [-0.4, -0.2) is 40.1 Å². The third-order valence-electron chi connectivity index (χ3n) is 5.85. The fourth-order valence-electron chi connectivity index (χ4n) is 3.87. The van der Waals surface area contributed by atoms with Crippen molar-refractivity contribution in [2.75, 3.05) is 12.4 Å². The van der Waals surface area contributed by atoms with E-state index in [1.807, 2.05) is 31.2 Å². The molecule has 2 N–H and O–H groups in total. The molecule has 9 nitrogen and oxygen atoms in total. The number of aromatic amines is 1. The van der Waals surface area contributed by atoms with Crippen molar-refractivity contribution < 1.29 is 28.9 Å². The minimum atomic E-state index is -0.598. The van der Waals surface area contributed by atoms with Crippen molar-refractivity contribution in [2.24, 2.45) is 0 Å². The van der Waals surface area contributed by atoms with Crippen LogP contribution < -0.4 is 15.0 Å². The molecule has 0 atom stereocenters. The number of H-pyrrole nitrogens is 1. The largest absolute Gasteiger partial charge is 0.457 e. The lowest BCUT2D eigenvalue weighted by atomic mass is 9.98. The van der Waals surface area contributed by atoms with E-state index in [9.17, 15) is 19.2 Å². The maximum absolute atomic E-state index is 13.3. The molecule has 1 aromatic heterocycles. The van der Waals surface area contributed by atoms with Crippen LogP contribution >= 0.6 is 0 Å². The van der Waals surface area contributed by atoms with Crippen LogP contribution in [0.25, 0.3) is 0 Å². The van der Waals surface area contributed by atoms with Gasteiger partial charge in [-0.25, -0.2) is 9.78 Å². The number of aromatic nitrogens is 2. The number of carbonyl (C=O) groups is 4. The highest BCUT2D eigenvalue weighted by Crippen LogP contribution is 2.28. The fraction of sp³-hybridized carbons (Fsp3) is 0.0741. The van der Waals surface area contributed by atoms with Crippen LogP contribution in [0.2, 0.25) is 0 Å². The lowest BCUT2D eigenvalue weighted by Gasteiger charge is -2.11. The number of imidazole rings is 1. The number of ether oxygens (including phenoxy) is 1. The average molecular weight is 481 g/mol. The van der Waals surface area contributed by atoms with Crippen molar-refractivity contribution in [3.8, 4) is 11.5 Å². The van der Waals surface area contributed by atoms with Gasteiger partial charge >= 0.3 is 5.91 Å². The summed E-state index contributed by atoms with van der Waals surface area (Å²) in [4.78, 5) is 55.1. The Morgan fingerprint density at radius 3 is 2.03 bits per heavy atom. The molecule has 0 spiro atoms. The number of nitrogens with zero attached hydrogens (tertiary/aromatic N) is 2. The predicted molar refractivity (Wildman–Crippen MR) is 129 cm³/mol. The van der Waals surface area contributed by atoms with Crippen molar-refractivity contribution in [3.05, 3.63) is 107 Å². The van der Waals surface area contributed by atoms with Crippen LogP contribution in [0, 0.1) is 6.92 Å². The van der Waals surface area contributed by atoms with Crippen LogP contribution in [0.3, 0.4) is 0 Å². The van der Waals surface area contributed by atoms with E-state index in [1.54, 1.807) is 30.5 Å². The van der Waals surface area contributed by atoms with Crippen molar-refractivity contribution in [1.82, 2.24) is 9.47 Å². The molecule has 178 valence electrons. The van der Waals surface area contributed by atoms with Gasteiger partial charge in [0.15, 0.2) is 0 Å². The summed E-state index contributed by atoms with van der Waals surface area (Å²) in [5.74, 6) is -0.916. The quantitative estimate of drug-likeness (QED) is 0.438. The number of aryl methyl sites for hydroxylation is 1. The third-order valence-corrected chi connectivity index (χ3v) is 5.85. The molecule has 2 heterocycles. The summed E-state index contributed by atoms with van der Waals surface area (Å²) in [5, 5.41) is 2.75. The number of benzene rings is 3. The minimum Gasteiger partial charge on any atom is -0.457 e. The van der Waals surface area contributed by atoms with Gasteiger partial charge in [-0.1, -0.05) is 17.7 Å². The molecule has 0 saturated heterocycles. The smallest absolute Gasteiger partial charge is 0.346 e. The highest BCUT2D eigenvalue weighted by molar-refractivity contribution is 6.24. The fourth-order valence-corrected chi connectivity index (χ4v) is 3.87. The Morgan fingerprint density at radius 1 is 0.861 bits per heavy atom. The first kappa shape index (κ1) is 22.7. The van der Waals surface area contributed by atoms with Gasteiger partial charge < -0.3 is 10.1 Å². The monoisotopic (exact) mass is 481 g/mol. The molecule has 9 heteroatoms. The number of hydrogen-bond acceptors (Lipinski definition) is 5. The lowest BCUT2D eigenvalue weighted by Crippen LogP contribution is -2.24. The zero-order valence-electron chi connectivity index (χ0n) is 19.4. The minimum absolute atomic E-state index is 0.00776. The van der Waals surface area contributed by atoms with Gasteiger partial charge in [0.2, 0.25) is 6.33 Å². The summed E-state index contributed by atoms with van der Waals surface area (Å²) < 4.78 is 7.07. The van der Waals surface area contributed by atoms with E-state index in [4.69, 9.17) is 4.74 Å². The SMILES string of the molecule is Cc1ccc(Oc2ccc(NC(=O)c3cc4c(cc3C(=O)n3cc[nH+]c3)C(=O)N(C)C4=O)cc2)cc1.